The summed E-state index contributed by atoms with van der Waals surface area (Å²) < 4.78 is 5.65. The normalized spacial score (nSPS) is 19.0. The van der Waals surface area contributed by atoms with Gasteiger partial charge in [-0.1, -0.05) is 42.5 Å². The summed E-state index contributed by atoms with van der Waals surface area (Å²) in [6.45, 7) is 12.2. The van der Waals surface area contributed by atoms with E-state index >= 15 is 0 Å². The molecule has 0 saturated carbocycles. The first-order valence-electron chi connectivity index (χ1n) is 8.91. The van der Waals surface area contributed by atoms with Gasteiger partial charge >= 0.3 is 0 Å². The van der Waals surface area contributed by atoms with Crippen LogP contribution >= 0.6 is 0 Å². The largest absolute Gasteiger partial charge is 0.389 e. The predicted molar refractivity (Wildman–Crippen MR) is 100 cm³/mol. The molecule has 0 aromatic heterocycles. The minimum atomic E-state index is -0.409. The average molecular weight is 332 g/mol. The molecule has 24 heavy (non-hydrogen) atoms. The van der Waals surface area contributed by atoms with E-state index in [1.54, 1.807) is 0 Å². The maximum Gasteiger partial charge on any atom is 0.0900 e. The van der Waals surface area contributed by atoms with Crippen molar-refractivity contribution < 1.29 is 9.84 Å². The molecule has 4 heteroatoms. The van der Waals surface area contributed by atoms with Crippen molar-refractivity contribution in [3.63, 3.8) is 0 Å². The zero-order valence-electron chi connectivity index (χ0n) is 15.3. The molecule has 1 saturated heterocycles. The number of piperazine rings is 1. The van der Waals surface area contributed by atoms with Crippen molar-refractivity contribution in [2.75, 3.05) is 45.9 Å². The summed E-state index contributed by atoms with van der Waals surface area (Å²) in [4.78, 5) is 4.78. The van der Waals surface area contributed by atoms with E-state index in [9.17, 15) is 5.11 Å². The van der Waals surface area contributed by atoms with E-state index in [1.807, 2.05) is 26.8 Å². The summed E-state index contributed by atoms with van der Waals surface area (Å²) in [5, 5.41) is 10.1. The van der Waals surface area contributed by atoms with Gasteiger partial charge in [-0.15, -0.1) is 0 Å². The second kappa shape index (κ2) is 9.33. The number of hydrogen-bond acceptors (Lipinski definition) is 4. The van der Waals surface area contributed by atoms with Gasteiger partial charge in [-0.3, -0.25) is 9.80 Å². The topological polar surface area (TPSA) is 35.9 Å². The summed E-state index contributed by atoms with van der Waals surface area (Å²) in [6.07, 6.45) is 4.01. The van der Waals surface area contributed by atoms with Gasteiger partial charge in [0.25, 0.3) is 0 Å². The van der Waals surface area contributed by atoms with Gasteiger partial charge in [0.2, 0.25) is 0 Å². The number of aliphatic hydroxyl groups excluding tert-OH is 1. The smallest absolute Gasteiger partial charge is 0.0900 e. The van der Waals surface area contributed by atoms with Crippen molar-refractivity contribution in [3.05, 3.63) is 42.0 Å². The van der Waals surface area contributed by atoms with Crippen molar-refractivity contribution >= 4 is 6.08 Å². The van der Waals surface area contributed by atoms with Crippen LogP contribution in [0.2, 0.25) is 0 Å². The zero-order valence-corrected chi connectivity index (χ0v) is 15.3. The molecule has 1 N–H and O–H groups in total. The van der Waals surface area contributed by atoms with Gasteiger partial charge in [0.1, 0.15) is 0 Å². The molecule has 1 atom stereocenters. The van der Waals surface area contributed by atoms with E-state index in [1.165, 1.54) is 5.56 Å². The van der Waals surface area contributed by atoms with E-state index in [4.69, 9.17) is 4.74 Å². The molecule has 1 unspecified atom stereocenters. The SMILES string of the molecule is CC(C)(C)OCC(O)CN1CCN(C/C=C\c2ccccc2)CC1. The number of β-amino-alcohol motifs (C(OH)–C–C–N with tert-alkyl or cyclic N) is 1. The number of benzene rings is 1. The lowest BCUT2D eigenvalue weighted by molar-refractivity contribution is -0.0584. The van der Waals surface area contributed by atoms with Crippen LogP contribution in [0.25, 0.3) is 6.08 Å². The Morgan fingerprint density at radius 3 is 2.33 bits per heavy atom. The molecule has 1 fully saturated rings. The lowest BCUT2D eigenvalue weighted by atomic mass is 10.2. The summed E-state index contributed by atoms with van der Waals surface area (Å²) >= 11 is 0. The van der Waals surface area contributed by atoms with Gasteiger partial charge in [-0.05, 0) is 26.3 Å². The molecule has 1 aromatic carbocycles. The summed E-state index contributed by atoms with van der Waals surface area (Å²) in [7, 11) is 0. The molecule has 1 heterocycles. The van der Waals surface area contributed by atoms with Crippen molar-refractivity contribution in [2.45, 2.75) is 32.5 Å². The first-order valence-corrected chi connectivity index (χ1v) is 8.91. The Balaban J connectivity index is 1.63. The van der Waals surface area contributed by atoms with Gasteiger partial charge in [-0.25, -0.2) is 0 Å². The number of rotatable bonds is 7. The Morgan fingerprint density at radius 1 is 1.08 bits per heavy atom. The van der Waals surface area contributed by atoms with Crippen molar-refractivity contribution in [1.82, 2.24) is 9.80 Å². The highest BCUT2D eigenvalue weighted by atomic mass is 16.5. The Bertz CT molecular complexity index is 488. The molecule has 0 spiro atoms. The van der Waals surface area contributed by atoms with E-state index in [2.05, 4.69) is 46.2 Å². The molecular formula is C20H32N2O2. The summed E-state index contributed by atoms with van der Waals surface area (Å²) in [6, 6.07) is 10.4. The number of nitrogens with zero attached hydrogens (tertiary/aromatic N) is 2. The first kappa shape index (κ1) is 19.1. The lowest BCUT2D eigenvalue weighted by Crippen LogP contribution is -2.49. The number of aliphatic hydroxyl groups is 1. The molecule has 1 aliphatic rings. The maximum atomic E-state index is 10.1. The maximum absolute atomic E-state index is 10.1. The van der Waals surface area contributed by atoms with Crippen molar-refractivity contribution in [2.24, 2.45) is 0 Å². The Morgan fingerprint density at radius 2 is 1.71 bits per heavy atom. The van der Waals surface area contributed by atoms with Gasteiger partial charge in [0.05, 0.1) is 18.3 Å². The second-order valence-corrected chi connectivity index (χ2v) is 7.49. The average Bonchev–Trinajstić information content (AvgIpc) is 2.55. The standard InChI is InChI=1S/C20H32N2O2/c1-20(2,3)24-17-19(23)16-22-14-12-21(13-15-22)11-7-10-18-8-5-4-6-9-18/h4-10,19,23H,11-17H2,1-3H3/b10-7-. The van der Waals surface area contributed by atoms with Crippen molar-refractivity contribution in [1.29, 1.82) is 0 Å². The monoisotopic (exact) mass is 332 g/mol. The molecule has 134 valence electrons. The second-order valence-electron chi connectivity index (χ2n) is 7.49. The predicted octanol–water partition coefficient (Wildman–Crippen LogP) is 2.49. The Labute approximate surface area is 146 Å². The van der Waals surface area contributed by atoms with E-state index in [0.717, 1.165) is 32.7 Å². The van der Waals surface area contributed by atoms with Crippen LogP contribution < -0.4 is 0 Å². The van der Waals surface area contributed by atoms with Crippen LogP contribution in [0.5, 0.6) is 0 Å². The summed E-state index contributed by atoms with van der Waals surface area (Å²) in [5.74, 6) is 0. The highest BCUT2D eigenvalue weighted by molar-refractivity contribution is 5.48. The third-order valence-electron chi connectivity index (χ3n) is 4.12. The third kappa shape index (κ3) is 7.58. The number of ether oxygens (including phenoxy) is 1. The third-order valence-corrected chi connectivity index (χ3v) is 4.12. The zero-order chi connectivity index (χ0) is 17.4. The van der Waals surface area contributed by atoms with Crippen LogP contribution in [0.3, 0.4) is 0 Å². The van der Waals surface area contributed by atoms with Crippen LogP contribution in [-0.4, -0.2) is 72.5 Å². The molecule has 1 aromatic rings. The lowest BCUT2D eigenvalue weighted by Gasteiger charge is -2.35. The highest BCUT2D eigenvalue weighted by Crippen LogP contribution is 2.09. The highest BCUT2D eigenvalue weighted by Gasteiger charge is 2.20. The van der Waals surface area contributed by atoms with Gasteiger partial charge < -0.3 is 9.84 Å². The fourth-order valence-corrected chi connectivity index (χ4v) is 2.75. The van der Waals surface area contributed by atoms with Crippen LogP contribution in [-0.2, 0) is 4.74 Å². The fourth-order valence-electron chi connectivity index (χ4n) is 2.75. The van der Waals surface area contributed by atoms with Gasteiger partial charge in [-0.2, -0.15) is 0 Å². The van der Waals surface area contributed by atoms with Crippen molar-refractivity contribution in [3.8, 4) is 0 Å². The minimum absolute atomic E-state index is 0.190. The first-order chi connectivity index (χ1) is 11.4. The molecule has 2 rings (SSSR count). The molecule has 0 amide bonds. The Kier molecular flexibility index (Phi) is 7.43. The number of hydrogen-bond donors (Lipinski definition) is 1. The molecule has 0 radical (unpaired) electrons. The quantitative estimate of drug-likeness (QED) is 0.832. The molecule has 0 bridgehead atoms. The van der Waals surface area contributed by atoms with Crippen LogP contribution in [0.1, 0.15) is 26.3 Å². The van der Waals surface area contributed by atoms with E-state index < -0.39 is 6.10 Å². The van der Waals surface area contributed by atoms with Crippen LogP contribution in [0.15, 0.2) is 36.4 Å². The van der Waals surface area contributed by atoms with E-state index in [0.29, 0.717) is 13.2 Å². The molecule has 4 nitrogen and oxygen atoms in total. The Hall–Kier alpha value is -1.20. The van der Waals surface area contributed by atoms with Gasteiger partial charge in [0, 0.05) is 39.3 Å². The fraction of sp³-hybridized carbons (Fsp3) is 0.600. The molecule has 0 aliphatic carbocycles. The van der Waals surface area contributed by atoms with E-state index in [-0.39, 0.29) is 5.60 Å². The molecule has 1 aliphatic heterocycles. The summed E-state index contributed by atoms with van der Waals surface area (Å²) in [5.41, 5.74) is 1.06. The minimum Gasteiger partial charge on any atom is -0.389 e. The van der Waals surface area contributed by atoms with Crippen LogP contribution in [0.4, 0.5) is 0 Å². The molecular weight excluding hydrogens is 300 g/mol. The van der Waals surface area contributed by atoms with Crippen LogP contribution in [0, 0.1) is 0 Å². The van der Waals surface area contributed by atoms with Gasteiger partial charge in [0.15, 0.2) is 0 Å².